The van der Waals surface area contributed by atoms with Gasteiger partial charge in [0.1, 0.15) is 10.9 Å². The van der Waals surface area contributed by atoms with Crippen molar-refractivity contribution in [1.29, 1.82) is 0 Å². The number of rotatable bonds is 0. The Bertz CT molecular complexity index is 393. The van der Waals surface area contributed by atoms with E-state index >= 15 is 0 Å². The van der Waals surface area contributed by atoms with Gasteiger partial charge in [-0.2, -0.15) is 5.10 Å². The summed E-state index contributed by atoms with van der Waals surface area (Å²) in [5, 5.41) is 4.02. The average Bonchev–Trinajstić information content (AvgIpc) is 2.34. The lowest BCUT2D eigenvalue weighted by molar-refractivity contribution is 0.932. The first-order valence-electron chi connectivity index (χ1n) is 3.23. The van der Waals surface area contributed by atoms with Crippen LogP contribution in [-0.4, -0.2) is 14.6 Å². The van der Waals surface area contributed by atoms with Crippen LogP contribution in [0.1, 0.15) is 5.56 Å². The predicted octanol–water partition coefficient (Wildman–Crippen LogP) is 1.80. The van der Waals surface area contributed by atoms with Crippen LogP contribution < -0.4 is 0 Å². The first-order valence-corrected chi connectivity index (χ1v) is 4.02. The molecule has 0 fully saturated rings. The van der Waals surface area contributed by atoms with Crippen molar-refractivity contribution in [2.24, 2.45) is 0 Å². The van der Waals surface area contributed by atoms with Gasteiger partial charge in [0.05, 0.1) is 0 Å². The van der Waals surface area contributed by atoms with E-state index in [0.717, 1.165) is 10.3 Å². The van der Waals surface area contributed by atoms with Crippen LogP contribution in [0.4, 0.5) is 0 Å². The summed E-state index contributed by atoms with van der Waals surface area (Å²) < 4.78 is 2.68. The topological polar surface area (TPSA) is 30.2 Å². The second-order valence-electron chi connectivity index (χ2n) is 2.39. The average molecular weight is 212 g/mol. The minimum absolute atomic E-state index is 0.872. The van der Waals surface area contributed by atoms with E-state index in [1.165, 1.54) is 5.56 Å². The molecule has 0 aliphatic carbocycles. The van der Waals surface area contributed by atoms with Crippen LogP contribution in [0.15, 0.2) is 23.1 Å². The molecule has 0 N–H and O–H groups in total. The normalized spacial score (nSPS) is 10.7. The molecule has 0 saturated carbocycles. The number of fused-ring (bicyclic) bond motifs is 1. The zero-order valence-corrected chi connectivity index (χ0v) is 7.54. The lowest BCUT2D eigenvalue weighted by atomic mass is 10.3. The Morgan fingerprint density at radius 3 is 3.09 bits per heavy atom. The maximum absolute atomic E-state index is 4.06. The molecule has 11 heavy (non-hydrogen) atoms. The fourth-order valence-corrected chi connectivity index (χ4v) is 1.64. The molecule has 0 spiro atoms. The molecule has 0 aliphatic rings. The van der Waals surface area contributed by atoms with Gasteiger partial charge in [0, 0.05) is 0 Å². The minimum atomic E-state index is 0.872. The summed E-state index contributed by atoms with van der Waals surface area (Å²) in [4.78, 5) is 4.06. The predicted molar refractivity (Wildman–Crippen MR) is 45.4 cm³/mol. The van der Waals surface area contributed by atoms with Crippen LogP contribution in [0.25, 0.3) is 5.65 Å². The molecule has 2 heterocycles. The number of hydrogen-bond acceptors (Lipinski definition) is 2. The fraction of sp³-hybridized carbons (Fsp3) is 0.143. The van der Waals surface area contributed by atoms with Crippen molar-refractivity contribution in [2.75, 3.05) is 0 Å². The summed E-state index contributed by atoms with van der Waals surface area (Å²) in [6.45, 7) is 2.03. The molecule has 0 aromatic carbocycles. The molecule has 0 saturated heterocycles. The third kappa shape index (κ3) is 1.03. The van der Waals surface area contributed by atoms with Crippen LogP contribution in [0.2, 0.25) is 0 Å². The maximum Gasteiger partial charge on any atom is 0.156 e. The first kappa shape index (κ1) is 6.79. The van der Waals surface area contributed by atoms with Crippen molar-refractivity contribution in [3.8, 4) is 0 Å². The van der Waals surface area contributed by atoms with Gasteiger partial charge in [-0.1, -0.05) is 0 Å². The summed E-state index contributed by atoms with van der Waals surface area (Å²) in [6, 6.07) is 3.99. The monoisotopic (exact) mass is 211 g/mol. The Labute approximate surface area is 72.2 Å². The smallest absolute Gasteiger partial charge is 0.156 e. The van der Waals surface area contributed by atoms with Crippen LogP contribution in [0, 0.1) is 6.92 Å². The Hall–Kier alpha value is -0.900. The van der Waals surface area contributed by atoms with Gasteiger partial charge in [-0.05, 0) is 40.5 Å². The molecular formula is C7H6BrN3. The second-order valence-corrected chi connectivity index (χ2v) is 3.20. The fourth-order valence-electron chi connectivity index (χ4n) is 1.01. The van der Waals surface area contributed by atoms with E-state index in [-0.39, 0.29) is 0 Å². The molecule has 0 amide bonds. The van der Waals surface area contributed by atoms with Crippen molar-refractivity contribution in [2.45, 2.75) is 6.92 Å². The summed E-state index contributed by atoms with van der Waals surface area (Å²) >= 11 is 3.39. The Balaban J connectivity index is 2.91. The minimum Gasteiger partial charge on any atom is -0.215 e. The number of pyridine rings is 1. The van der Waals surface area contributed by atoms with E-state index < -0.39 is 0 Å². The summed E-state index contributed by atoms with van der Waals surface area (Å²) in [5.41, 5.74) is 2.05. The van der Waals surface area contributed by atoms with Crippen LogP contribution in [-0.2, 0) is 0 Å². The molecule has 4 heteroatoms. The highest BCUT2D eigenvalue weighted by Crippen LogP contribution is 2.13. The van der Waals surface area contributed by atoms with Crippen LogP contribution >= 0.6 is 15.9 Å². The first-order chi connectivity index (χ1) is 5.27. The Morgan fingerprint density at radius 2 is 2.27 bits per heavy atom. The summed E-state index contributed by atoms with van der Waals surface area (Å²) in [5.74, 6) is 0. The van der Waals surface area contributed by atoms with Crippen molar-refractivity contribution >= 4 is 21.6 Å². The van der Waals surface area contributed by atoms with Crippen molar-refractivity contribution in [3.63, 3.8) is 0 Å². The zero-order valence-electron chi connectivity index (χ0n) is 5.95. The summed E-state index contributed by atoms with van der Waals surface area (Å²) in [6.07, 6.45) is 1.54. The highest BCUT2D eigenvalue weighted by molar-refractivity contribution is 9.10. The molecule has 0 bridgehead atoms. The second kappa shape index (κ2) is 2.30. The number of aryl methyl sites for hydroxylation is 1. The molecule has 56 valence electrons. The van der Waals surface area contributed by atoms with E-state index in [2.05, 4.69) is 26.0 Å². The van der Waals surface area contributed by atoms with Crippen molar-refractivity contribution < 1.29 is 0 Å². The third-order valence-corrected chi connectivity index (χ3v) is 2.04. The van der Waals surface area contributed by atoms with E-state index in [9.17, 15) is 0 Å². The molecule has 0 atom stereocenters. The zero-order chi connectivity index (χ0) is 7.84. The van der Waals surface area contributed by atoms with Crippen molar-refractivity contribution in [1.82, 2.24) is 14.6 Å². The van der Waals surface area contributed by atoms with Gasteiger partial charge >= 0.3 is 0 Å². The number of nitrogens with zero attached hydrogens (tertiary/aromatic N) is 3. The molecule has 0 radical (unpaired) electrons. The summed E-state index contributed by atoms with van der Waals surface area (Å²) in [7, 11) is 0. The molecule has 3 nitrogen and oxygen atoms in total. The maximum atomic E-state index is 4.06. The van der Waals surface area contributed by atoms with Gasteiger partial charge in [0.25, 0.3) is 0 Å². The third-order valence-electron chi connectivity index (χ3n) is 1.48. The highest BCUT2D eigenvalue weighted by atomic mass is 79.9. The van der Waals surface area contributed by atoms with Gasteiger partial charge < -0.3 is 0 Å². The molecular weight excluding hydrogens is 206 g/mol. The van der Waals surface area contributed by atoms with Crippen molar-refractivity contribution in [3.05, 3.63) is 28.6 Å². The van der Waals surface area contributed by atoms with E-state index in [0.29, 0.717) is 0 Å². The lowest BCUT2D eigenvalue weighted by Crippen LogP contribution is -1.89. The molecule has 0 aliphatic heterocycles. The SMILES string of the molecule is Cc1cc(Br)n2ncnc2c1. The lowest BCUT2D eigenvalue weighted by Gasteiger charge is -1.96. The van der Waals surface area contributed by atoms with Crippen LogP contribution in [0.3, 0.4) is 0 Å². The van der Waals surface area contributed by atoms with E-state index in [4.69, 9.17) is 0 Å². The number of halogens is 1. The standard InChI is InChI=1S/C7H6BrN3/c1-5-2-6(8)11-7(3-5)9-4-10-11/h2-4H,1H3. The highest BCUT2D eigenvalue weighted by Gasteiger charge is 1.99. The van der Waals surface area contributed by atoms with Gasteiger partial charge in [-0.3, -0.25) is 0 Å². The Morgan fingerprint density at radius 1 is 1.45 bits per heavy atom. The molecule has 2 aromatic heterocycles. The Kier molecular flexibility index (Phi) is 1.42. The van der Waals surface area contributed by atoms with E-state index in [1.54, 1.807) is 10.8 Å². The number of aromatic nitrogens is 3. The van der Waals surface area contributed by atoms with Gasteiger partial charge in [-0.15, -0.1) is 0 Å². The molecule has 2 rings (SSSR count). The molecule has 0 unspecified atom stereocenters. The van der Waals surface area contributed by atoms with E-state index in [1.807, 2.05) is 19.1 Å². The van der Waals surface area contributed by atoms with Crippen LogP contribution in [0.5, 0.6) is 0 Å². The number of hydrogen-bond donors (Lipinski definition) is 0. The van der Waals surface area contributed by atoms with Gasteiger partial charge in [-0.25, -0.2) is 9.50 Å². The molecule has 2 aromatic rings. The quantitative estimate of drug-likeness (QED) is 0.623. The van der Waals surface area contributed by atoms with Gasteiger partial charge in [0.15, 0.2) is 5.65 Å². The largest absolute Gasteiger partial charge is 0.215 e. The van der Waals surface area contributed by atoms with Gasteiger partial charge in [0.2, 0.25) is 0 Å².